The van der Waals surface area contributed by atoms with Crippen molar-refractivity contribution < 1.29 is 23.8 Å². The van der Waals surface area contributed by atoms with Crippen molar-refractivity contribution in [2.45, 2.75) is 71.8 Å². The third kappa shape index (κ3) is 6.22. The van der Waals surface area contributed by atoms with Crippen LogP contribution < -0.4 is 0 Å². The highest BCUT2D eigenvalue weighted by atomic mass is 16.6. The van der Waals surface area contributed by atoms with Crippen molar-refractivity contribution in [1.29, 1.82) is 0 Å². The fourth-order valence-electron chi connectivity index (χ4n) is 2.43. The zero-order valence-electron chi connectivity index (χ0n) is 15.0. The second-order valence-electron chi connectivity index (χ2n) is 6.99. The van der Waals surface area contributed by atoms with Crippen molar-refractivity contribution in [2.75, 3.05) is 13.2 Å². The molecule has 6 heteroatoms. The molecule has 1 aliphatic heterocycles. The van der Waals surface area contributed by atoms with Crippen molar-refractivity contribution in [3.05, 3.63) is 12.2 Å². The van der Waals surface area contributed by atoms with Gasteiger partial charge >= 0.3 is 12.1 Å². The molecule has 0 unspecified atom stereocenters. The van der Waals surface area contributed by atoms with Gasteiger partial charge in [-0.3, -0.25) is 4.90 Å². The Bertz CT molecular complexity index is 450. The zero-order valence-corrected chi connectivity index (χ0v) is 15.0. The van der Waals surface area contributed by atoms with Gasteiger partial charge in [-0.15, -0.1) is 0 Å². The van der Waals surface area contributed by atoms with E-state index >= 15 is 0 Å². The van der Waals surface area contributed by atoms with E-state index in [2.05, 4.69) is 0 Å². The van der Waals surface area contributed by atoms with Crippen LogP contribution in [0.1, 0.15) is 54.4 Å². The first-order valence-corrected chi connectivity index (χ1v) is 8.06. The Labute approximate surface area is 138 Å². The maximum Gasteiger partial charge on any atom is 0.412 e. The quantitative estimate of drug-likeness (QED) is 0.573. The normalized spacial score (nSPS) is 20.8. The number of hydrogen-bond acceptors (Lipinski definition) is 5. The number of rotatable bonds is 5. The van der Waals surface area contributed by atoms with E-state index in [1.54, 1.807) is 17.9 Å². The first-order chi connectivity index (χ1) is 10.6. The molecule has 0 bridgehead atoms. The van der Waals surface area contributed by atoms with Crippen LogP contribution in [0.2, 0.25) is 0 Å². The number of ether oxygens (including phenoxy) is 3. The molecule has 0 N–H and O–H groups in total. The standard InChI is InChI=1S/C17H29NO5/c1-7-21-14(19)11-9-8-10-13-12-22-17(5,6)18(13)15(20)23-16(2,3)4/h9,11,13H,7-8,10,12H2,1-6H3/b11-9+/t13-/m0/s1. The molecule has 1 amide bonds. The lowest BCUT2D eigenvalue weighted by Crippen LogP contribution is -2.49. The summed E-state index contributed by atoms with van der Waals surface area (Å²) in [6, 6.07) is -0.0771. The van der Waals surface area contributed by atoms with E-state index in [-0.39, 0.29) is 18.1 Å². The highest BCUT2D eigenvalue weighted by Gasteiger charge is 2.45. The summed E-state index contributed by atoms with van der Waals surface area (Å²) in [5, 5.41) is 0. The third-order valence-electron chi connectivity index (χ3n) is 3.37. The molecule has 0 aromatic rings. The largest absolute Gasteiger partial charge is 0.463 e. The Morgan fingerprint density at radius 1 is 1.35 bits per heavy atom. The van der Waals surface area contributed by atoms with Crippen LogP contribution in [0.4, 0.5) is 4.79 Å². The highest BCUT2D eigenvalue weighted by Crippen LogP contribution is 2.31. The highest BCUT2D eigenvalue weighted by molar-refractivity contribution is 5.81. The first kappa shape index (κ1) is 19.5. The summed E-state index contributed by atoms with van der Waals surface area (Å²) < 4.78 is 16.0. The molecule has 0 aliphatic carbocycles. The summed E-state index contributed by atoms with van der Waals surface area (Å²) in [6.07, 6.45) is 4.15. The van der Waals surface area contributed by atoms with E-state index in [9.17, 15) is 9.59 Å². The maximum absolute atomic E-state index is 12.4. The van der Waals surface area contributed by atoms with Crippen molar-refractivity contribution in [1.82, 2.24) is 4.90 Å². The molecule has 0 aromatic carbocycles. The van der Waals surface area contributed by atoms with Gasteiger partial charge in [0, 0.05) is 6.08 Å². The minimum absolute atomic E-state index is 0.0771. The second kappa shape index (κ2) is 7.81. The van der Waals surface area contributed by atoms with Crippen molar-refractivity contribution >= 4 is 12.1 Å². The topological polar surface area (TPSA) is 65.1 Å². The molecular formula is C17H29NO5. The van der Waals surface area contributed by atoms with E-state index in [0.717, 1.165) is 0 Å². The molecule has 132 valence electrons. The fourth-order valence-corrected chi connectivity index (χ4v) is 2.43. The number of carbonyl (C=O) groups excluding carboxylic acids is 2. The number of amides is 1. The van der Waals surface area contributed by atoms with Gasteiger partial charge in [-0.1, -0.05) is 6.08 Å². The lowest BCUT2D eigenvalue weighted by Gasteiger charge is -2.35. The molecule has 23 heavy (non-hydrogen) atoms. The Balaban J connectivity index is 2.63. The van der Waals surface area contributed by atoms with Crippen LogP contribution in [0.3, 0.4) is 0 Å². The smallest absolute Gasteiger partial charge is 0.412 e. The van der Waals surface area contributed by atoms with Gasteiger partial charge in [-0.25, -0.2) is 9.59 Å². The number of esters is 1. The van der Waals surface area contributed by atoms with Gasteiger partial charge in [0.25, 0.3) is 0 Å². The molecule has 1 saturated heterocycles. The molecule has 1 rings (SSSR count). The molecule has 6 nitrogen and oxygen atoms in total. The van der Waals surface area contributed by atoms with Gasteiger partial charge in [-0.2, -0.15) is 0 Å². The van der Waals surface area contributed by atoms with Gasteiger partial charge in [0.2, 0.25) is 0 Å². The first-order valence-electron chi connectivity index (χ1n) is 8.06. The Hall–Kier alpha value is -1.56. The number of hydrogen-bond donors (Lipinski definition) is 0. The molecule has 0 aromatic heterocycles. The van der Waals surface area contributed by atoms with Gasteiger partial charge in [0.1, 0.15) is 11.3 Å². The molecule has 1 fully saturated rings. The lowest BCUT2D eigenvalue weighted by atomic mass is 10.1. The van der Waals surface area contributed by atoms with Crippen molar-refractivity contribution in [2.24, 2.45) is 0 Å². The predicted molar refractivity (Wildman–Crippen MR) is 86.9 cm³/mol. The van der Waals surface area contributed by atoms with Gasteiger partial charge in [0.15, 0.2) is 0 Å². The number of nitrogens with zero attached hydrogens (tertiary/aromatic N) is 1. The Morgan fingerprint density at radius 2 is 2.00 bits per heavy atom. The lowest BCUT2D eigenvalue weighted by molar-refractivity contribution is -0.137. The van der Waals surface area contributed by atoms with Crippen LogP contribution in [0.15, 0.2) is 12.2 Å². The van der Waals surface area contributed by atoms with Crippen LogP contribution >= 0.6 is 0 Å². The average molecular weight is 327 g/mol. The summed E-state index contributed by atoms with van der Waals surface area (Å²) in [5.41, 5.74) is -1.25. The van der Waals surface area contributed by atoms with E-state index in [4.69, 9.17) is 14.2 Å². The third-order valence-corrected chi connectivity index (χ3v) is 3.37. The summed E-state index contributed by atoms with van der Waals surface area (Å²) in [7, 11) is 0. The SMILES string of the molecule is CCOC(=O)/C=C/CC[C@H]1COC(C)(C)N1C(=O)OC(C)(C)C. The summed E-state index contributed by atoms with van der Waals surface area (Å²) in [5.74, 6) is -0.348. The molecule has 1 atom stereocenters. The molecular weight excluding hydrogens is 298 g/mol. The minimum Gasteiger partial charge on any atom is -0.463 e. The van der Waals surface area contributed by atoms with Crippen LogP contribution in [0, 0.1) is 0 Å². The fraction of sp³-hybridized carbons (Fsp3) is 0.765. The summed E-state index contributed by atoms with van der Waals surface area (Å²) in [6.45, 7) is 11.8. The minimum atomic E-state index is -0.697. The average Bonchev–Trinajstić information content (AvgIpc) is 2.68. The molecule has 1 aliphatic rings. The predicted octanol–water partition coefficient (Wildman–Crippen LogP) is 3.26. The number of allylic oxidation sites excluding steroid dienone is 1. The van der Waals surface area contributed by atoms with Crippen LogP contribution in [0.25, 0.3) is 0 Å². The molecule has 1 heterocycles. The summed E-state index contributed by atoms with van der Waals surface area (Å²) >= 11 is 0. The van der Waals surface area contributed by atoms with E-state index in [1.165, 1.54) is 6.08 Å². The van der Waals surface area contributed by atoms with Gasteiger partial charge in [-0.05, 0) is 54.4 Å². The Morgan fingerprint density at radius 3 is 2.57 bits per heavy atom. The van der Waals surface area contributed by atoms with Crippen molar-refractivity contribution in [3.8, 4) is 0 Å². The van der Waals surface area contributed by atoms with E-state index in [0.29, 0.717) is 26.1 Å². The van der Waals surface area contributed by atoms with E-state index < -0.39 is 11.3 Å². The van der Waals surface area contributed by atoms with Crippen molar-refractivity contribution in [3.63, 3.8) is 0 Å². The van der Waals surface area contributed by atoms with E-state index in [1.807, 2.05) is 34.6 Å². The summed E-state index contributed by atoms with van der Waals surface area (Å²) in [4.78, 5) is 25.3. The molecule has 0 saturated carbocycles. The number of carbonyl (C=O) groups is 2. The maximum atomic E-state index is 12.4. The van der Waals surface area contributed by atoms with Crippen LogP contribution in [0.5, 0.6) is 0 Å². The molecule has 0 spiro atoms. The van der Waals surface area contributed by atoms with Crippen LogP contribution in [-0.4, -0.2) is 47.5 Å². The molecule has 0 radical (unpaired) electrons. The second-order valence-corrected chi connectivity index (χ2v) is 6.99. The van der Waals surface area contributed by atoms with Gasteiger partial charge < -0.3 is 14.2 Å². The monoisotopic (exact) mass is 327 g/mol. The Kier molecular flexibility index (Phi) is 6.62. The van der Waals surface area contributed by atoms with Crippen LogP contribution in [-0.2, 0) is 19.0 Å². The van der Waals surface area contributed by atoms with Gasteiger partial charge in [0.05, 0.1) is 19.3 Å². The zero-order chi connectivity index (χ0) is 17.7.